The fourth-order valence-corrected chi connectivity index (χ4v) is 1.98. The lowest BCUT2D eigenvalue weighted by Gasteiger charge is -2.12. The number of carboxylic acid groups (broad SMARTS) is 1. The first-order chi connectivity index (χ1) is 9.13. The number of aliphatic carboxylic acids is 1. The summed E-state index contributed by atoms with van der Waals surface area (Å²) < 4.78 is 1.66. The number of aryl methyl sites for hydroxylation is 1. The number of rotatable bonds is 6. The first kappa shape index (κ1) is 13.3. The summed E-state index contributed by atoms with van der Waals surface area (Å²) in [6, 6.07) is 0. The van der Waals surface area contributed by atoms with E-state index in [9.17, 15) is 4.79 Å². The van der Waals surface area contributed by atoms with Crippen LogP contribution in [0.1, 0.15) is 19.8 Å². The molecule has 2 aromatic heterocycles. The number of hydrogen-bond acceptors (Lipinski definition) is 5. The third-order valence-corrected chi connectivity index (χ3v) is 3.03. The minimum Gasteiger partial charge on any atom is -0.481 e. The van der Waals surface area contributed by atoms with Crippen LogP contribution in [0.4, 0.5) is 5.82 Å². The summed E-state index contributed by atoms with van der Waals surface area (Å²) >= 11 is 0. The molecule has 7 nitrogen and oxygen atoms in total. The summed E-state index contributed by atoms with van der Waals surface area (Å²) in [5.74, 6) is -0.571. The van der Waals surface area contributed by atoms with Crippen LogP contribution in [-0.4, -0.2) is 37.4 Å². The molecular formula is C12H17N5O2. The van der Waals surface area contributed by atoms with Gasteiger partial charge in [-0.05, 0) is 6.42 Å². The average molecular weight is 263 g/mol. The smallest absolute Gasteiger partial charge is 0.308 e. The number of fused-ring (bicyclic) bond motifs is 1. The number of hydrogen-bond donors (Lipinski definition) is 2. The number of nitrogens with one attached hydrogen (secondary N) is 1. The van der Waals surface area contributed by atoms with Gasteiger partial charge in [-0.3, -0.25) is 9.48 Å². The molecule has 2 N–H and O–H groups in total. The van der Waals surface area contributed by atoms with Gasteiger partial charge in [-0.1, -0.05) is 13.3 Å². The molecule has 0 amide bonds. The highest BCUT2D eigenvalue weighted by atomic mass is 16.4. The summed E-state index contributed by atoms with van der Waals surface area (Å²) in [5, 5.41) is 17.1. The predicted molar refractivity (Wildman–Crippen MR) is 70.8 cm³/mol. The Hall–Kier alpha value is -2.18. The zero-order chi connectivity index (χ0) is 13.8. The Morgan fingerprint density at radius 3 is 3.00 bits per heavy atom. The van der Waals surface area contributed by atoms with Gasteiger partial charge in [-0.2, -0.15) is 5.10 Å². The van der Waals surface area contributed by atoms with Crippen molar-refractivity contribution in [3.05, 3.63) is 12.5 Å². The maximum Gasteiger partial charge on any atom is 0.308 e. The van der Waals surface area contributed by atoms with E-state index in [0.717, 1.165) is 17.5 Å². The van der Waals surface area contributed by atoms with E-state index in [1.54, 1.807) is 17.9 Å². The molecular weight excluding hydrogens is 246 g/mol. The standard InChI is InChI=1S/C12H17N5O2/c1-3-4-8(12(18)19)5-13-10-9-6-16-17(2)11(9)15-7-14-10/h6-8H,3-5H2,1-2H3,(H,18,19)(H,13,14,15). The van der Waals surface area contributed by atoms with E-state index in [2.05, 4.69) is 20.4 Å². The van der Waals surface area contributed by atoms with Crippen molar-refractivity contribution in [2.45, 2.75) is 19.8 Å². The van der Waals surface area contributed by atoms with Crippen molar-refractivity contribution in [1.82, 2.24) is 19.7 Å². The van der Waals surface area contributed by atoms with Crippen molar-refractivity contribution < 1.29 is 9.90 Å². The molecule has 0 saturated carbocycles. The van der Waals surface area contributed by atoms with Crippen molar-refractivity contribution in [3.63, 3.8) is 0 Å². The van der Waals surface area contributed by atoms with E-state index in [4.69, 9.17) is 5.11 Å². The zero-order valence-electron chi connectivity index (χ0n) is 11.0. The summed E-state index contributed by atoms with van der Waals surface area (Å²) in [6.07, 6.45) is 4.60. The minimum absolute atomic E-state index is 0.351. The van der Waals surface area contributed by atoms with Crippen LogP contribution in [0.3, 0.4) is 0 Å². The molecule has 7 heteroatoms. The largest absolute Gasteiger partial charge is 0.481 e. The molecule has 102 valence electrons. The molecule has 0 fully saturated rings. The second kappa shape index (κ2) is 5.64. The Morgan fingerprint density at radius 1 is 1.53 bits per heavy atom. The molecule has 0 saturated heterocycles. The van der Waals surface area contributed by atoms with Crippen molar-refractivity contribution in [3.8, 4) is 0 Å². The topological polar surface area (TPSA) is 92.9 Å². The molecule has 2 heterocycles. The van der Waals surface area contributed by atoms with E-state index in [1.807, 2.05) is 6.92 Å². The van der Waals surface area contributed by atoms with Gasteiger partial charge in [0.2, 0.25) is 0 Å². The Bertz CT molecular complexity index is 581. The first-order valence-corrected chi connectivity index (χ1v) is 6.22. The number of nitrogens with zero attached hydrogens (tertiary/aromatic N) is 4. The van der Waals surface area contributed by atoms with Crippen molar-refractivity contribution in [1.29, 1.82) is 0 Å². The fourth-order valence-electron chi connectivity index (χ4n) is 1.98. The minimum atomic E-state index is -0.786. The second-order valence-electron chi connectivity index (χ2n) is 4.43. The first-order valence-electron chi connectivity index (χ1n) is 6.22. The van der Waals surface area contributed by atoms with Gasteiger partial charge in [-0.15, -0.1) is 0 Å². The van der Waals surface area contributed by atoms with Crippen LogP contribution in [0.2, 0.25) is 0 Å². The van der Waals surface area contributed by atoms with E-state index < -0.39 is 11.9 Å². The van der Waals surface area contributed by atoms with Gasteiger partial charge in [0.15, 0.2) is 5.65 Å². The molecule has 0 aliphatic rings. The van der Waals surface area contributed by atoms with Crippen LogP contribution in [0.25, 0.3) is 11.0 Å². The number of carbonyl (C=O) groups is 1. The van der Waals surface area contributed by atoms with Crippen LogP contribution < -0.4 is 5.32 Å². The van der Waals surface area contributed by atoms with Crippen LogP contribution in [-0.2, 0) is 11.8 Å². The molecule has 19 heavy (non-hydrogen) atoms. The van der Waals surface area contributed by atoms with Crippen LogP contribution in [0.15, 0.2) is 12.5 Å². The number of carboxylic acids is 1. The monoisotopic (exact) mass is 263 g/mol. The predicted octanol–water partition coefficient (Wildman–Crippen LogP) is 1.28. The van der Waals surface area contributed by atoms with Gasteiger partial charge in [0.25, 0.3) is 0 Å². The SMILES string of the molecule is CCCC(CNc1ncnc2c1cnn2C)C(=O)O. The number of anilines is 1. The zero-order valence-corrected chi connectivity index (χ0v) is 11.0. The third kappa shape index (κ3) is 2.81. The molecule has 2 rings (SSSR count). The molecule has 0 radical (unpaired) electrons. The van der Waals surface area contributed by atoms with Gasteiger partial charge in [0, 0.05) is 13.6 Å². The third-order valence-electron chi connectivity index (χ3n) is 3.03. The summed E-state index contributed by atoms with van der Waals surface area (Å²) in [6.45, 7) is 2.32. The van der Waals surface area contributed by atoms with Gasteiger partial charge in [0.1, 0.15) is 12.1 Å². The maximum absolute atomic E-state index is 11.1. The molecule has 0 bridgehead atoms. The summed E-state index contributed by atoms with van der Waals surface area (Å²) in [4.78, 5) is 19.4. The van der Waals surface area contributed by atoms with Gasteiger partial charge in [-0.25, -0.2) is 9.97 Å². The van der Waals surface area contributed by atoms with Crippen molar-refractivity contribution in [2.75, 3.05) is 11.9 Å². The number of aromatic nitrogens is 4. The van der Waals surface area contributed by atoms with Crippen molar-refractivity contribution >= 4 is 22.8 Å². The summed E-state index contributed by atoms with van der Waals surface area (Å²) in [7, 11) is 1.80. The van der Waals surface area contributed by atoms with E-state index in [1.165, 1.54) is 6.33 Å². The normalized spacial score (nSPS) is 12.5. The molecule has 0 aromatic carbocycles. The van der Waals surface area contributed by atoms with E-state index in [0.29, 0.717) is 18.8 Å². The molecule has 0 aliphatic heterocycles. The Labute approximate surface area is 110 Å². The Balaban J connectivity index is 2.15. The van der Waals surface area contributed by atoms with E-state index >= 15 is 0 Å². The lowest BCUT2D eigenvalue weighted by molar-refractivity contribution is -0.141. The lowest BCUT2D eigenvalue weighted by atomic mass is 10.0. The highest BCUT2D eigenvalue weighted by Crippen LogP contribution is 2.18. The molecule has 0 spiro atoms. The summed E-state index contributed by atoms with van der Waals surface area (Å²) in [5.41, 5.74) is 0.722. The molecule has 1 unspecified atom stereocenters. The van der Waals surface area contributed by atoms with Crippen LogP contribution >= 0.6 is 0 Å². The van der Waals surface area contributed by atoms with Gasteiger partial charge < -0.3 is 10.4 Å². The average Bonchev–Trinajstić information content (AvgIpc) is 2.77. The van der Waals surface area contributed by atoms with Gasteiger partial charge >= 0.3 is 5.97 Å². The Kier molecular flexibility index (Phi) is 3.94. The molecule has 0 aliphatic carbocycles. The Morgan fingerprint density at radius 2 is 2.32 bits per heavy atom. The lowest BCUT2D eigenvalue weighted by Crippen LogP contribution is -2.23. The quantitative estimate of drug-likeness (QED) is 0.815. The molecule has 1 atom stereocenters. The van der Waals surface area contributed by atoms with Crippen LogP contribution in [0, 0.1) is 5.92 Å². The van der Waals surface area contributed by atoms with Gasteiger partial charge in [0.05, 0.1) is 17.5 Å². The van der Waals surface area contributed by atoms with Crippen LogP contribution in [0.5, 0.6) is 0 Å². The highest BCUT2D eigenvalue weighted by Gasteiger charge is 2.17. The molecule has 2 aromatic rings. The second-order valence-corrected chi connectivity index (χ2v) is 4.43. The van der Waals surface area contributed by atoms with E-state index in [-0.39, 0.29) is 0 Å². The fraction of sp³-hybridized carbons (Fsp3) is 0.500. The van der Waals surface area contributed by atoms with Crippen molar-refractivity contribution in [2.24, 2.45) is 13.0 Å². The maximum atomic E-state index is 11.1. The highest BCUT2D eigenvalue weighted by molar-refractivity contribution is 5.86.